The van der Waals surface area contributed by atoms with E-state index in [1.807, 2.05) is 0 Å². The fraction of sp³-hybridized carbons (Fsp3) is 0.500. The molecule has 0 spiro atoms. The third kappa shape index (κ3) is 3.08. The first-order valence-corrected chi connectivity index (χ1v) is 5.78. The van der Waals surface area contributed by atoms with E-state index in [4.69, 9.17) is 5.73 Å². The van der Waals surface area contributed by atoms with Crippen LogP contribution in [-0.2, 0) is 6.18 Å². The summed E-state index contributed by atoms with van der Waals surface area (Å²) in [5.41, 5.74) is 4.39. The van der Waals surface area contributed by atoms with Crippen molar-refractivity contribution in [3.05, 3.63) is 23.8 Å². The van der Waals surface area contributed by atoms with Crippen molar-refractivity contribution >= 4 is 11.4 Å². The summed E-state index contributed by atoms with van der Waals surface area (Å²) < 4.78 is 64.8. The second kappa shape index (κ2) is 4.54. The molecule has 2 N–H and O–H groups in total. The highest BCUT2D eigenvalue weighted by atomic mass is 19.4. The van der Waals surface area contributed by atoms with Crippen LogP contribution in [-0.4, -0.2) is 19.0 Å². The second-order valence-corrected chi connectivity index (χ2v) is 4.62. The molecule has 0 saturated carbocycles. The van der Waals surface area contributed by atoms with Gasteiger partial charge in [-0.1, -0.05) is 0 Å². The number of anilines is 2. The summed E-state index contributed by atoms with van der Waals surface area (Å²) in [7, 11) is 0. The Morgan fingerprint density at radius 2 is 1.68 bits per heavy atom. The van der Waals surface area contributed by atoms with Gasteiger partial charge in [0.05, 0.1) is 5.56 Å². The number of benzene rings is 1. The summed E-state index contributed by atoms with van der Waals surface area (Å²) in [6.45, 7) is -0.194. The Labute approximate surface area is 107 Å². The van der Waals surface area contributed by atoms with Gasteiger partial charge >= 0.3 is 6.18 Å². The molecule has 2 nitrogen and oxygen atoms in total. The molecule has 106 valence electrons. The van der Waals surface area contributed by atoms with Crippen molar-refractivity contribution in [2.24, 2.45) is 0 Å². The van der Waals surface area contributed by atoms with Gasteiger partial charge in [-0.3, -0.25) is 0 Å². The average molecular weight is 280 g/mol. The third-order valence-corrected chi connectivity index (χ3v) is 3.16. The van der Waals surface area contributed by atoms with Crippen LogP contribution in [0.15, 0.2) is 18.2 Å². The van der Waals surface area contributed by atoms with Crippen LogP contribution in [0.2, 0.25) is 0 Å². The summed E-state index contributed by atoms with van der Waals surface area (Å²) in [6, 6.07) is 3.42. The van der Waals surface area contributed by atoms with Crippen LogP contribution < -0.4 is 10.6 Å². The highest BCUT2D eigenvalue weighted by molar-refractivity contribution is 5.61. The Balaban J connectivity index is 2.30. The Hall–Kier alpha value is -1.53. The van der Waals surface area contributed by atoms with E-state index < -0.39 is 30.5 Å². The number of nitrogens with two attached hydrogens (primary N) is 1. The van der Waals surface area contributed by atoms with Crippen LogP contribution >= 0.6 is 0 Å². The fourth-order valence-corrected chi connectivity index (χ4v) is 2.13. The number of hydrogen-bond donors (Lipinski definition) is 1. The van der Waals surface area contributed by atoms with E-state index in [1.54, 1.807) is 0 Å². The molecule has 1 saturated heterocycles. The van der Waals surface area contributed by atoms with Gasteiger partial charge in [0.25, 0.3) is 5.92 Å². The molecule has 0 radical (unpaired) electrons. The summed E-state index contributed by atoms with van der Waals surface area (Å²) >= 11 is 0. The van der Waals surface area contributed by atoms with Crippen LogP contribution in [0, 0.1) is 0 Å². The molecule has 1 aromatic carbocycles. The van der Waals surface area contributed by atoms with Gasteiger partial charge in [0, 0.05) is 37.3 Å². The van der Waals surface area contributed by atoms with E-state index in [2.05, 4.69) is 0 Å². The standard InChI is InChI=1S/C12H13F5N2/c13-11(14)3-5-19(6-4-11)10-2-1-8(18)7-9(10)12(15,16)17/h1-2,7H,3-6,18H2. The van der Waals surface area contributed by atoms with Crippen molar-refractivity contribution < 1.29 is 22.0 Å². The maximum absolute atomic E-state index is 13.0. The Morgan fingerprint density at radius 3 is 2.21 bits per heavy atom. The lowest BCUT2D eigenvalue weighted by atomic mass is 10.0. The zero-order chi connectivity index (χ0) is 14.3. The van der Waals surface area contributed by atoms with E-state index in [-0.39, 0.29) is 24.5 Å². The third-order valence-electron chi connectivity index (χ3n) is 3.16. The van der Waals surface area contributed by atoms with Crippen molar-refractivity contribution in [2.75, 3.05) is 23.7 Å². The highest BCUT2D eigenvalue weighted by Crippen LogP contribution is 2.40. The molecule has 0 unspecified atom stereocenters. The molecule has 1 aromatic rings. The molecule has 0 atom stereocenters. The fourth-order valence-electron chi connectivity index (χ4n) is 2.13. The number of halogens is 5. The number of piperidine rings is 1. The first kappa shape index (κ1) is 13.9. The summed E-state index contributed by atoms with van der Waals surface area (Å²) in [4.78, 5) is 1.33. The van der Waals surface area contributed by atoms with Crippen molar-refractivity contribution in [3.8, 4) is 0 Å². The molecule has 0 amide bonds. The summed E-state index contributed by atoms with van der Waals surface area (Å²) in [5, 5.41) is 0. The minimum Gasteiger partial charge on any atom is -0.399 e. The lowest BCUT2D eigenvalue weighted by Gasteiger charge is -2.34. The molecule has 1 aliphatic rings. The van der Waals surface area contributed by atoms with Crippen LogP contribution in [0.1, 0.15) is 18.4 Å². The molecular weight excluding hydrogens is 267 g/mol. The maximum atomic E-state index is 13.0. The zero-order valence-corrected chi connectivity index (χ0v) is 9.97. The summed E-state index contributed by atoms with van der Waals surface area (Å²) in [5.74, 6) is -2.79. The van der Waals surface area contributed by atoms with Crippen LogP contribution in [0.25, 0.3) is 0 Å². The second-order valence-electron chi connectivity index (χ2n) is 4.62. The zero-order valence-electron chi connectivity index (χ0n) is 9.97. The van der Waals surface area contributed by atoms with Gasteiger partial charge in [0.1, 0.15) is 0 Å². The number of nitrogen functional groups attached to an aromatic ring is 1. The van der Waals surface area contributed by atoms with Crippen LogP contribution in [0.5, 0.6) is 0 Å². The van der Waals surface area contributed by atoms with Gasteiger partial charge < -0.3 is 10.6 Å². The topological polar surface area (TPSA) is 29.3 Å². The molecule has 1 aliphatic heterocycles. The lowest BCUT2D eigenvalue weighted by molar-refractivity contribution is -0.137. The minimum absolute atomic E-state index is 0.00147. The molecule has 2 rings (SSSR count). The average Bonchev–Trinajstić information content (AvgIpc) is 2.28. The van der Waals surface area contributed by atoms with E-state index in [1.165, 1.54) is 17.0 Å². The molecule has 1 fully saturated rings. The monoisotopic (exact) mass is 280 g/mol. The molecule has 1 heterocycles. The van der Waals surface area contributed by atoms with Gasteiger partial charge in [-0.25, -0.2) is 8.78 Å². The number of alkyl halides is 5. The normalized spacial score (nSPS) is 19.5. The van der Waals surface area contributed by atoms with E-state index in [0.29, 0.717) is 0 Å². The smallest absolute Gasteiger partial charge is 0.399 e. The largest absolute Gasteiger partial charge is 0.418 e. The predicted octanol–water partition coefficient (Wildman–Crippen LogP) is 3.52. The molecular formula is C12H13F5N2. The number of nitrogens with zero attached hydrogens (tertiary/aromatic N) is 1. The van der Waals surface area contributed by atoms with Gasteiger partial charge in [-0.15, -0.1) is 0 Å². The van der Waals surface area contributed by atoms with Crippen molar-refractivity contribution in [3.63, 3.8) is 0 Å². The quantitative estimate of drug-likeness (QED) is 0.630. The first-order chi connectivity index (χ1) is 8.69. The predicted molar refractivity (Wildman–Crippen MR) is 62.3 cm³/mol. The maximum Gasteiger partial charge on any atom is 0.418 e. The number of rotatable bonds is 1. The van der Waals surface area contributed by atoms with Gasteiger partial charge in [-0.2, -0.15) is 13.2 Å². The van der Waals surface area contributed by atoms with E-state index in [9.17, 15) is 22.0 Å². The van der Waals surface area contributed by atoms with Crippen molar-refractivity contribution in [1.82, 2.24) is 0 Å². The molecule has 19 heavy (non-hydrogen) atoms. The van der Waals surface area contributed by atoms with Crippen molar-refractivity contribution in [1.29, 1.82) is 0 Å². The first-order valence-electron chi connectivity index (χ1n) is 5.78. The SMILES string of the molecule is Nc1ccc(N2CCC(F)(F)CC2)c(C(F)(F)F)c1. The van der Waals surface area contributed by atoms with Crippen LogP contribution in [0.4, 0.5) is 33.3 Å². The van der Waals surface area contributed by atoms with E-state index >= 15 is 0 Å². The van der Waals surface area contributed by atoms with Gasteiger partial charge in [-0.05, 0) is 18.2 Å². The Kier molecular flexibility index (Phi) is 3.32. The van der Waals surface area contributed by atoms with Crippen molar-refractivity contribution in [2.45, 2.75) is 24.9 Å². The highest BCUT2D eigenvalue weighted by Gasteiger charge is 2.38. The lowest BCUT2D eigenvalue weighted by Crippen LogP contribution is -2.40. The molecule has 0 aromatic heterocycles. The molecule has 0 aliphatic carbocycles. The Bertz CT molecular complexity index is 460. The molecule has 7 heteroatoms. The Morgan fingerprint density at radius 1 is 1.11 bits per heavy atom. The van der Waals surface area contributed by atoms with Crippen LogP contribution in [0.3, 0.4) is 0 Å². The molecule has 0 bridgehead atoms. The van der Waals surface area contributed by atoms with Gasteiger partial charge in [0.15, 0.2) is 0 Å². The van der Waals surface area contributed by atoms with E-state index in [0.717, 1.165) is 6.07 Å². The number of hydrogen-bond acceptors (Lipinski definition) is 2. The minimum atomic E-state index is -4.55. The summed E-state index contributed by atoms with van der Waals surface area (Å²) in [6.07, 6.45) is -5.42. The van der Waals surface area contributed by atoms with Gasteiger partial charge in [0.2, 0.25) is 0 Å².